The first-order valence-electron chi connectivity index (χ1n) is 5.96. The smallest absolute Gasteiger partial charge is 0.300 e. The zero-order chi connectivity index (χ0) is 15.2. The van der Waals surface area contributed by atoms with Crippen LogP contribution in [0.5, 0.6) is 5.88 Å². The van der Waals surface area contributed by atoms with Crippen LogP contribution in [0.4, 0.5) is 17.2 Å². The number of nitrogen functional groups attached to an aromatic ring is 1. The summed E-state index contributed by atoms with van der Waals surface area (Å²) in [4.78, 5) is 10.4. The second-order valence-corrected chi connectivity index (χ2v) is 4.44. The summed E-state index contributed by atoms with van der Waals surface area (Å²) >= 11 is 5.73. The van der Waals surface area contributed by atoms with E-state index in [4.69, 9.17) is 22.1 Å². The minimum atomic E-state index is -0.494. The molecule has 0 aliphatic rings. The number of nitrogens with one attached hydrogen (secondary N) is 1. The zero-order valence-corrected chi connectivity index (χ0v) is 11.5. The third-order valence-electron chi connectivity index (χ3n) is 2.51. The van der Waals surface area contributed by atoms with E-state index in [-0.39, 0.29) is 17.4 Å². The van der Waals surface area contributed by atoms with Gasteiger partial charge in [0.1, 0.15) is 5.69 Å². The van der Waals surface area contributed by atoms with Crippen molar-refractivity contribution < 1.29 is 14.3 Å². The van der Waals surface area contributed by atoms with Crippen LogP contribution in [0.1, 0.15) is 6.42 Å². The molecule has 9 nitrogen and oxygen atoms in total. The molecule has 10 heteroatoms. The lowest BCUT2D eigenvalue weighted by Gasteiger charge is -2.07. The fraction of sp³-hybridized carbons (Fsp3) is 0.273. The van der Waals surface area contributed by atoms with Crippen molar-refractivity contribution in [2.75, 3.05) is 24.2 Å². The molecule has 1 aromatic heterocycles. The average Bonchev–Trinajstić information content (AvgIpc) is 2.85. The van der Waals surface area contributed by atoms with Crippen molar-refractivity contribution in [1.29, 1.82) is 0 Å². The summed E-state index contributed by atoms with van der Waals surface area (Å²) in [5.74, 6) is 0.212. The van der Waals surface area contributed by atoms with Crippen LogP contribution in [0.25, 0.3) is 0 Å². The molecule has 0 aliphatic carbocycles. The van der Waals surface area contributed by atoms with Crippen LogP contribution >= 0.6 is 11.6 Å². The Morgan fingerprint density at radius 3 is 2.95 bits per heavy atom. The van der Waals surface area contributed by atoms with E-state index in [0.29, 0.717) is 30.3 Å². The topological polar surface area (TPSA) is 129 Å². The molecule has 2 aromatic rings. The maximum Gasteiger partial charge on any atom is 0.300 e. The molecule has 0 unspecified atom stereocenters. The number of anilines is 2. The second kappa shape index (κ2) is 6.75. The molecule has 0 bridgehead atoms. The number of hydrogen-bond acceptors (Lipinski definition) is 8. The van der Waals surface area contributed by atoms with Gasteiger partial charge in [0.05, 0.1) is 11.5 Å². The van der Waals surface area contributed by atoms with Crippen molar-refractivity contribution in [3.05, 3.63) is 33.3 Å². The number of nitro benzene ring substituents is 1. The van der Waals surface area contributed by atoms with Crippen molar-refractivity contribution in [1.82, 2.24) is 10.3 Å². The van der Waals surface area contributed by atoms with Crippen molar-refractivity contribution in [2.24, 2.45) is 0 Å². The Labute approximate surface area is 124 Å². The number of hydrogen-bond donors (Lipinski definition) is 2. The van der Waals surface area contributed by atoms with Crippen LogP contribution in [-0.4, -0.2) is 28.4 Å². The standard InChI is InChI=1S/C11H12ClN5O4/c12-7-2-3-8(9(6-7)17(18)19)14-4-1-5-20-11-10(13)15-21-16-11/h2-3,6,14H,1,4-5H2,(H2,13,15). The lowest BCUT2D eigenvalue weighted by Crippen LogP contribution is -2.09. The molecule has 0 radical (unpaired) electrons. The van der Waals surface area contributed by atoms with Crippen molar-refractivity contribution in [2.45, 2.75) is 6.42 Å². The molecule has 0 atom stereocenters. The number of benzene rings is 1. The van der Waals surface area contributed by atoms with Crippen LogP contribution in [0, 0.1) is 10.1 Å². The van der Waals surface area contributed by atoms with Gasteiger partial charge in [0.2, 0.25) is 5.82 Å². The molecule has 21 heavy (non-hydrogen) atoms. The minimum Gasteiger partial charge on any atom is -0.473 e. The first-order valence-corrected chi connectivity index (χ1v) is 6.34. The monoisotopic (exact) mass is 313 g/mol. The molecule has 0 amide bonds. The van der Waals surface area contributed by atoms with Crippen LogP contribution in [-0.2, 0) is 0 Å². The van der Waals surface area contributed by atoms with E-state index in [1.807, 2.05) is 0 Å². The van der Waals surface area contributed by atoms with E-state index in [9.17, 15) is 10.1 Å². The highest BCUT2D eigenvalue weighted by Gasteiger charge is 2.13. The van der Waals surface area contributed by atoms with Crippen molar-refractivity contribution in [3.63, 3.8) is 0 Å². The van der Waals surface area contributed by atoms with Crippen molar-refractivity contribution >= 4 is 28.8 Å². The molecule has 0 fully saturated rings. The van der Waals surface area contributed by atoms with Gasteiger partial charge in [-0.25, -0.2) is 4.63 Å². The molecule has 0 aliphatic heterocycles. The van der Waals surface area contributed by atoms with Gasteiger partial charge in [-0.1, -0.05) is 11.6 Å². The van der Waals surface area contributed by atoms with Gasteiger partial charge in [-0.05, 0) is 28.9 Å². The van der Waals surface area contributed by atoms with E-state index in [0.717, 1.165) is 0 Å². The SMILES string of the molecule is Nc1nonc1OCCCNc1ccc(Cl)cc1[N+](=O)[O-]. The molecule has 1 aromatic carbocycles. The predicted molar refractivity (Wildman–Crippen MR) is 75.4 cm³/mol. The Morgan fingerprint density at radius 1 is 1.48 bits per heavy atom. The molecular formula is C11H12ClN5O4. The average molecular weight is 314 g/mol. The second-order valence-electron chi connectivity index (χ2n) is 4.00. The van der Waals surface area contributed by atoms with Gasteiger partial charge in [-0.15, -0.1) is 0 Å². The highest BCUT2D eigenvalue weighted by molar-refractivity contribution is 6.30. The highest BCUT2D eigenvalue weighted by Crippen LogP contribution is 2.27. The third-order valence-corrected chi connectivity index (χ3v) is 2.75. The predicted octanol–water partition coefficient (Wildman–Crippen LogP) is 2.09. The molecule has 112 valence electrons. The highest BCUT2D eigenvalue weighted by atomic mass is 35.5. The molecular weight excluding hydrogens is 302 g/mol. The van der Waals surface area contributed by atoms with Crippen molar-refractivity contribution in [3.8, 4) is 5.88 Å². The van der Waals surface area contributed by atoms with Gasteiger partial charge < -0.3 is 15.8 Å². The Balaban J connectivity index is 1.81. The fourth-order valence-electron chi connectivity index (χ4n) is 1.56. The van der Waals surface area contributed by atoms with E-state index >= 15 is 0 Å². The number of halogens is 1. The van der Waals surface area contributed by atoms with E-state index < -0.39 is 4.92 Å². The normalized spacial score (nSPS) is 10.3. The van der Waals surface area contributed by atoms with Gasteiger partial charge >= 0.3 is 0 Å². The van der Waals surface area contributed by atoms with Crippen LogP contribution in [0.3, 0.4) is 0 Å². The van der Waals surface area contributed by atoms with E-state index in [1.165, 1.54) is 6.07 Å². The van der Waals surface area contributed by atoms with Gasteiger partial charge in [0, 0.05) is 17.6 Å². The Morgan fingerprint density at radius 2 is 2.29 bits per heavy atom. The summed E-state index contributed by atoms with van der Waals surface area (Å²) in [6.07, 6.45) is 0.575. The Kier molecular flexibility index (Phi) is 4.77. The molecule has 0 spiro atoms. The summed E-state index contributed by atoms with van der Waals surface area (Å²) in [6.45, 7) is 0.778. The zero-order valence-electron chi connectivity index (χ0n) is 10.8. The van der Waals surface area contributed by atoms with E-state index in [1.54, 1.807) is 12.1 Å². The van der Waals surface area contributed by atoms with Gasteiger partial charge in [0.25, 0.3) is 11.6 Å². The Bertz CT molecular complexity index is 633. The Hall–Kier alpha value is -2.55. The lowest BCUT2D eigenvalue weighted by molar-refractivity contribution is -0.383. The number of nitrogens with two attached hydrogens (primary N) is 1. The van der Waals surface area contributed by atoms with Gasteiger partial charge in [0.15, 0.2) is 0 Å². The summed E-state index contributed by atoms with van der Waals surface area (Å²) < 4.78 is 9.60. The molecule has 3 N–H and O–H groups in total. The number of nitrogens with zero attached hydrogens (tertiary/aromatic N) is 3. The van der Waals surface area contributed by atoms with E-state index in [2.05, 4.69) is 20.3 Å². The summed E-state index contributed by atoms with van der Waals surface area (Å²) in [5, 5.41) is 21.0. The maximum atomic E-state index is 10.9. The number of ether oxygens (including phenoxy) is 1. The molecule has 0 saturated carbocycles. The van der Waals surface area contributed by atoms with Gasteiger partial charge in [-0.2, -0.15) is 0 Å². The first kappa shape index (κ1) is 14.9. The number of rotatable bonds is 7. The molecule has 2 rings (SSSR count). The fourth-order valence-corrected chi connectivity index (χ4v) is 1.72. The summed E-state index contributed by atoms with van der Waals surface area (Å²) in [5.41, 5.74) is 5.74. The van der Waals surface area contributed by atoms with Gasteiger partial charge in [-0.3, -0.25) is 10.1 Å². The first-order chi connectivity index (χ1) is 10.1. The number of nitro groups is 1. The maximum absolute atomic E-state index is 10.9. The third kappa shape index (κ3) is 3.96. The molecule has 0 saturated heterocycles. The number of aromatic nitrogens is 2. The van der Waals surface area contributed by atoms with Crippen LogP contribution in [0.2, 0.25) is 5.02 Å². The quantitative estimate of drug-likeness (QED) is 0.451. The van der Waals surface area contributed by atoms with Crippen LogP contribution < -0.4 is 15.8 Å². The van der Waals surface area contributed by atoms with Crippen LogP contribution in [0.15, 0.2) is 22.8 Å². The summed E-state index contributed by atoms with van der Waals surface area (Å²) in [7, 11) is 0. The minimum absolute atomic E-state index is 0.0756. The summed E-state index contributed by atoms with van der Waals surface area (Å²) in [6, 6.07) is 4.43. The largest absolute Gasteiger partial charge is 0.473 e. The molecule has 1 heterocycles. The lowest BCUT2D eigenvalue weighted by atomic mass is 10.2.